The smallest absolute Gasteiger partial charge is 0.339 e. The second-order valence-electron chi connectivity index (χ2n) is 4.21. The number of amides is 1. The second kappa shape index (κ2) is 5.22. The maximum Gasteiger partial charge on any atom is 0.339 e. The number of aryl methyl sites for hydroxylation is 1. The van der Waals surface area contributed by atoms with E-state index in [4.69, 9.17) is 14.3 Å². The summed E-state index contributed by atoms with van der Waals surface area (Å²) in [5.74, 6) is -0.452. The third-order valence-electron chi connectivity index (χ3n) is 2.86. The van der Waals surface area contributed by atoms with E-state index in [1.54, 1.807) is 6.92 Å². The summed E-state index contributed by atoms with van der Waals surface area (Å²) in [6.45, 7) is 2.36. The van der Waals surface area contributed by atoms with Gasteiger partial charge in [-0.1, -0.05) is 0 Å². The number of rotatable bonds is 4. The minimum Gasteiger partial charge on any atom is -0.478 e. The van der Waals surface area contributed by atoms with Gasteiger partial charge in [0.1, 0.15) is 23.2 Å². The fraction of sp³-hybridized carbons (Fsp3) is 0.500. The second-order valence-corrected chi connectivity index (χ2v) is 4.21. The van der Waals surface area contributed by atoms with Crippen LogP contribution in [-0.4, -0.2) is 29.7 Å². The maximum absolute atomic E-state index is 11.7. The summed E-state index contributed by atoms with van der Waals surface area (Å²) < 4.78 is 10.5. The molecule has 1 aliphatic rings. The molecule has 2 heterocycles. The fourth-order valence-electron chi connectivity index (χ4n) is 1.92. The van der Waals surface area contributed by atoms with Crippen LogP contribution in [0.3, 0.4) is 0 Å². The lowest BCUT2D eigenvalue weighted by Gasteiger charge is -2.08. The minimum absolute atomic E-state index is 0.122. The van der Waals surface area contributed by atoms with Crippen LogP contribution in [0.15, 0.2) is 10.5 Å². The van der Waals surface area contributed by atoms with Crippen molar-refractivity contribution in [2.75, 3.05) is 6.61 Å². The lowest BCUT2D eigenvalue weighted by atomic mass is 10.2. The third kappa shape index (κ3) is 2.70. The lowest BCUT2D eigenvalue weighted by molar-refractivity contribution is -0.130. The van der Waals surface area contributed by atoms with Crippen molar-refractivity contribution >= 4 is 11.9 Å². The van der Waals surface area contributed by atoms with Crippen LogP contribution >= 0.6 is 0 Å². The van der Waals surface area contributed by atoms with Crippen LogP contribution in [0.2, 0.25) is 0 Å². The summed E-state index contributed by atoms with van der Waals surface area (Å²) in [5.41, 5.74) is 0.122. The Kier molecular flexibility index (Phi) is 3.66. The van der Waals surface area contributed by atoms with Crippen molar-refractivity contribution in [1.82, 2.24) is 5.32 Å². The van der Waals surface area contributed by atoms with Gasteiger partial charge >= 0.3 is 5.97 Å². The van der Waals surface area contributed by atoms with Gasteiger partial charge in [0, 0.05) is 6.61 Å². The zero-order chi connectivity index (χ0) is 13.1. The molecule has 2 rings (SSSR count). The molecule has 0 radical (unpaired) electrons. The van der Waals surface area contributed by atoms with Gasteiger partial charge < -0.3 is 19.6 Å². The summed E-state index contributed by atoms with van der Waals surface area (Å²) in [4.78, 5) is 22.5. The average molecular weight is 253 g/mol. The van der Waals surface area contributed by atoms with Crippen LogP contribution in [-0.2, 0) is 16.1 Å². The topological polar surface area (TPSA) is 88.8 Å². The number of aromatic carboxylic acids is 1. The SMILES string of the molecule is Cc1oc(CNC(=O)[C@@H]2CCCO2)cc1C(=O)O. The van der Waals surface area contributed by atoms with E-state index in [0.717, 1.165) is 12.8 Å². The van der Waals surface area contributed by atoms with E-state index in [9.17, 15) is 9.59 Å². The first-order valence-corrected chi connectivity index (χ1v) is 5.80. The Bertz CT molecular complexity index is 459. The molecule has 2 N–H and O–H groups in total. The van der Waals surface area contributed by atoms with Crippen LogP contribution < -0.4 is 5.32 Å². The number of carbonyl (C=O) groups excluding carboxylic acids is 1. The molecule has 0 bridgehead atoms. The standard InChI is InChI=1S/C12H15NO5/c1-7-9(12(15)16)5-8(18-7)6-13-11(14)10-3-2-4-17-10/h5,10H,2-4,6H2,1H3,(H,13,14)(H,15,16)/t10-/m0/s1. The van der Waals surface area contributed by atoms with E-state index < -0.39 is 5.97 Å². The zero-order valence-electron chi connectivity index (χ0n) is 10.1. The number of carbonyl (C=O) groups is 2. The molecule has 6 heteroatoms. The van der Waals surface area contributed by atoms with Gasteiger partial charge in [-0.2, -0.15) is 0 Å². The largest absolute Gasteiger partial charge is 0.478 e. The molecule has 0 aliphatic carbocycles. The molecule has 6 nitrogen and oxygen atoms in total. The van der Waals surface area contributed by atoms with Gasteiger partial charge in [0.25, 0.3) is 0 Å². The molecule has 1 aromatic rings. The van der Waals surface area contributed by atoms with E-state index in [1.165, 1.54) is 6.07 Å². The van der Waals surface area contributed by atoms with E-state index in [-0.39, 0.29) is 24.1 Å². The van der Waals surface area contributed by atoms with Crippen molar-refractivity contribution in [3.63, 3.8) is 0 Å². The Balaban J connectivity index is 1.91. The molecule has 0 spiro atoms. The molecule has 1 saturated heterocycles. The fourth-order valence-corrected chi connectivity index (χ4v) is 1.92. The van der Waals surface area contributed by atoms with Crippen molar-refractivity contribution in [3.8, 4) is 0 Å². The molecule has 1 amide bonds. The normalized spacial score (nSPS) is 18.8. The third-order valence-corrected chi connectivity index (χ3v) is 2.86. The Morgan fingerprint density at radius 3 is 2.89 bits per heavy atom. The quantitative estimate of drug-likeness (QED) is 0.838. The highest BCUT2D eigenvalue weighted by atomic mass is 16.5. The lowest BCUT2D eigenvalue weighted by Crippen LogP contribution is -2.33. The van der Waals surface area contributed by atoms with E-state index in [2.05, 4.69) is 5.32 Å². The molecule has 0 unspecified atom stereocenters. The Hall–Kier alpha value is -1.82. The summed E-state index contributed by atoms with van der Waals surface area (Å²) >= 11 is 0. The molecular formula is C12H15NO5. The predicted octanol–water partition coefficient (Wildman–Crippen LogP) is 1.08. The number of carboxylic acid groups (broad SMARTS) is 1. The maximum atomic E-state index is 11.7. The number of hydrogen-bond acceptors (Lipinski definition) is 4. The van der Waals surface area contributed by atoms with Gasteiger partial charge in [-0.25, -0.2) is 4.79 Å². The Morgan fingerprint density at radius 2 is 2.33 bits per heavy atom. The first-order valence-electron chi connectivity index (χ1n) is 5.80. The van der Waals surface area contributed by atoms with Crippen molar-refractivity contribution in [1.29, 1.82) is 0 Å². The molecule has 1 atom stereocenters. The Labute approximate surface area is 104 Å². The van der Waals surface area contributed by atoms with Crippen LogP contribution in [0.5, 0.6) is 0 Å². The summed E-state index contributed by atoms with van der Waals surface area (Å²) in [5, 5.41) is 11.5. The van der Waals surface area contributed by atoms with Gasteiger partial charge in [0.05, 0.1) is 6.54 Å². The Morgan fingerprint density at radius 1 is 1.56 bits per heavy atom. The summed E-state index contributed by atoms with van der Waals surface area (Å²) in [7, 11) is 0. The highest BCUT2D eigenvalue weighted by Gasteiger charge is 2.23. The zero-order valence-corrected chi connectivity index (χ0v) is 10.1. The van der Waals surface area contributed by atoms with Gasteiger partial charge in [-0.15, -0.1) is 0 Å². The summed E-state index contributed by atoms with van der Waals surface area (Å²) in [6.07, 6.45) is 1.23. The van der Waals surface area contributed by atoms with Gasteiger partial charge in [-0.05, 0) is 25.8 Å². The predicted molar refractivity (Wildman–Crippen MR) is 61.2 cm³/mol. The molecular weight excluding hydrogens is 238 g/mol. The first kappa shape index (κ1) is 12.6. The van der Waals surface area contributed by atoms with E-state index in [0.29, 0.717) is 18.1 Å². The average Bonchev–Trinajstić information content (AvgIpc) is 2.94. The summed E-state index contributed by atoms with van der Waals surface area (Å²) in [6, 6.07) is 1.42. The highest BCUT2D eigenvalue weighted by Crippen LogP contribution is 2.15. The highest BCUT2D eigenvalue weighted by molar-refractivity contribution is 5.88. The van der Waals surface area contributed by atoms with Crippen molar-refractivity contribution in [2.24, 2.45) is 0 Å². The van der Waals surface area contributed by atoms with Crippen LogP contribution in [0.1, 0.15) is 34.7 Å². The molecule has 0 aromatic carbocycles. The van der Waals surface area contributed by atoms with Crippen LogP contribution in [0, 0.1) is 6.92 Å². The molecule has 0 saturated carbocycles. The van der Waals surface area contributed by atoms with Gasteiger partial charge in [0.15, 0.2) is 0 Å². The molecule has 1 aromatic heterocycles. The van der Waals surface area contributed by atoms with Crippen LogP contribution in [0.4, 0.5) is 0 Å². The number of carboxylic acids is 1. The van der Waals surface area contributed by atoms with E-state index >= 15 is 0 Å². The first-order chi connectivity index (χ1) is 8.58. The number of ether oxygens (including phenoxy) is 1. The molecule has 1 aliphatic heterocycles. The van der Waals surface area contributed by atoms with Gasteiger partial charge in [0.2, 0.25) is 5.91 Å². The molecule has 98 valence electrons. The number of nitrogens with one attached hydrogen (secondary N) is 1. The number of hydrogen-bond donors (Lipinski definition) is 2. The van der Waals surface area contributed by atoms with Crippen molar-refractivity contribution < 1.29 is 23.8 Å². The van der Waals surface area contributed by atoms with Crippen LogP contribution in [0.25, 0.3) is 0 Å². The van der Waals surface area contributed by atoms with E-state index in [1.807, 2.05) is 0 Å². The minimum atomic E-state index is -1.03. The molecule has 1 fully saturated rings. The van der Waals surface area contributed by atoms with Gasteiger partial charge in [-0.3, -0.25) is 4.79 Å². The van der Waals surface area contributed by atoms with Crippen molar-refractivity contribution in [3.05, 3.63) is 23.2 Å². The monoisotopic (exact) mass is 253 g/mol. The molecule has 18 heavy (non-hydrogen) atoms. The van der Waals surface area contributed by atoms with Crippen molar-refractivity contribution in [2.45, 2.75) is 32.4 Å². The number of furan rings is 1.